The summed E-state index contributed by atoms with van der Waals surface area (Å²) < 4.78 is 40.0. The minimum Gasteiger partial charge on any atom is -0.273 e. The average molecular weight is 365 g/mol. The first-order valence-electron chi connectivity index (χ1n) is 7.62. The molecule has 1 aromatic heterocycles. The van der Waals surface area contributed by atoms with Gasteiger partial charge in [0.25, 0.3) is 5.91 Å². The van der Waals surface area contributed by atoms with Crippen LogP contribution in [-0.2, 0) is 15.8 Å². The first kappa shape index (κ1) is 17.6. The van der Waals surface area contributed by atoms with Gasteiger partial charge in [0.15, 0.2) is 5.82 Å². The minimum absolute atomic E-state index is 0.103. The van der Waals surface area contributed by atoms with Gasteiger partial charge in [0.2, 0.25) is 5.91 Å². The lowest BCUT2D eigenvalue weighted by atomic mass is 10.1. The van der Waals surface area contributed by atoms with Crippen molar-refractivity contribution in [3.63, 3.8) is 0 Å². The Balaban J connectivity index is 1.78. The van der Waals surface area contributed by atoms with Crippen molar-refractivity contribution in [1.29, 1.82) is 0 Å². The van der Waals surface area contributed by atoms with Crippen molar-refractivity contribution in [2.24, 2.45) is 0 Å². The number of carbonyl (C=O) groups excluding carboxylic acids is 2. The van der Waals surface area contributed by atoms with E-state index in [1.54, 1.807) is 13.0 Å². The Labute approximate surface area is 146 Å². The van der Waals surface area contributed by atoms with Crippen molar-refractivity contribution < 1.29 is 22.8 Å². The van der Waals surface area contributed by atoms with Crippen LogP contribution in [0.25, 0.3) is 17.6 Å². The van der Waals surface area contributed by atoms with Crippen molar-refractivity contribution in [2.75, 3.05) is 6.54 Å². The quantitative estimate of drug-likeness (QED) is 0.844. The number of aryl methyl sites for hydroxylation is 1. The molecule has 2 heterocycles. The lowest BCUT2D eigenvalue weighted by Gasteiger charge is -2.11. The highest BCUT2D eigenvalue weighted by molar-refractivity contribution is 5.93. The summed E-state index contributed by atoms with van der Waals surface area (Å²) in [5.74, 6) is -0.580. The summed E-state index contributed by atoms with van der Waals surface area (Å²) >= 11 is 0. The van der Waals surface area contributed by atoms with Gasteiger partial charge in [0, 0.05) is 24.3 Å². The van der Waals surface area contributed by atoms with Crippen LogP contribution < -0.4 is 5.43 Å². The molecule has 26 heavy (non-hydrogen) atoms. The van der Waals surface area contributed by atoms with Crippen LogP contribution in [0.15, 0.2) is 30.6 Å². The molecule has 136 valence electrons. The zero-order chi connectivity index (χ0) is 18.9. The Morgan fingerprint density at radius 3 is 2.73 bits per heavy atom. The fourth-order valence-electron chi connectivity index (χ4n) is 2.43. The molecule has 0 aliphatic carbocycles. The standard InChI is InChI=1S/C16H14F3N5O2/c1-10-6-11(8-12(7-10)16(17,18)19)15-20-9-23(22-15)4-3-14(26)24-5-2-13(25)21-24/h3-4,6-9H,2,5H2,1H3,(H,21,25)/b4-3-. The molecule has 2 aromatic rings. The summed E-state index contributed by atoms with van der Waals surface area (Å²) in [7, 11) is 0. The highest BCUT2D eigenvalue weighted by Crippen LogP contribution is 2.32. The van der Waals surface area contributed by atoms with Gasteiger partial charge in [-0.2, -0.15) is 13.2 Å². The van der Waals surface area contributed by atoms with Gasteiger partial charge in [-0.3, -0.25) is 15.0 Å². The number of halogens is 3. The van der Waals surface area contributed by atoms with E-state index in [0.717, 1.165) is 17.1 Å². The summed E-state index contributed by atoms with van der Waals surface area (Å²) in [6.45, 7) is 1.83. The molecule has 0 saturated carbocycles. The highest BCUT2D eigenvalue weighted by Gasteiger charge is 2.31. The molecule has 1 aliphatic rings. The Morgan fingerprint density at radius 2 is 2.08 bits per heavy atom. The molecule has 10 heteroatoms. The molecule has 0 unspecified atom stereocenters. The second kappa shape index (κ2) is 6.62. The third kappa shape index (κ3) is 3.90. The number of nitrogens with zero attached hydrogens (tertiary/aromatic N) is 4. The summed E-state index contributed by atoms with van der Waals surface area (Å²) in [4.78, 5) is 26.9. The van der Waals surface area contributed by atoms with Crippen LogP contribution in [0.2, 0.25) is 0 Å². The van der Waals surface area contributed by atoms with Crippen LogP contribution >= 0.6 is 0 Å². The Kier molecular flexibility index (Phi) is 4.49. The molecule has 0 bridgehead atoms. The van der Waals surface area contributed by atoms with E-state index in [0.29, 0.717) is 5.56 Å². The van der Waals surface area contributed by atoms with E-state index in [9.17, 15) is 22.8 Å². The lowest BCUT2D eigenvalue weighted by Crippen LogP contribution is -2.37. The van der Waals surface area contributed by atoms with Gasteiger partial charge in [-0.05, 0) is 30.7 Å². The van der Waals surface area contributed by atoms with Gasteiger partial charge in [-0.15, -0.1) is 5.10 Å². The molecule has 1 aliphatic heterocycles. The third-order valence-corrected chi connectivity index (χ3v) is 3.63. The topological polar surface area (TPSA) is 80.1 Å². The van der Waals surface area contributed by atoms with Gasteiger partial charge < -0.3 is 0 Å². The molecule has 0 atom stereocenters. The number of carbonyl (C=O) groups is 2. The van der Waals surface area contributed by atoms with Crippen LogP contribution in [0, 0.1) is 6.92 Å². The molecule has 2 amide bonds. The number of benzene rings is 1. The number of aromatic nitrogens is 3. The second-order valence-electron chi connectivity index (χ2n) is 5.72. The summed E-state index contributed by atoms with van der Waals surface area (Å²) in [5, 5.41) is 5.21. The van der Waals surface area contributed by atoms with Gasteiger partial charge in [0.05, 0.1) is 12.1 Å². The minimum atomic E-state index is -4.46. The van der Waals surface area contributed by atoms with E-state index in [4.69, 9.17) is 0 Å². The van der Waals surface area contributed by atoms with E-state index in [2.05, 4.69) is 15.5 Å². The average Bonchev–Trinajstić information content (AvgIpc) is 3.20. The molecular formula is C16H14F3N5O2. The number of hydrazine groups is 1. The zero-order valence-electron chi connectivity index (χ0n) is 13.6. The SMILES string of the molecule is Cc1cc(-c2ncn(/C=C\C(=O)N3CCC(=O)N3)n2)cc(C(F)(F)F)c1. The smallest absolute Gasteiger partial charge is 0.273 e. The van der Waals surface area contributed by atoms with Gasteiger partial charge in [-0.1, -0.05) is 0 Å². The van der Waals surface area contributed by atoms with Crippen LogP contribution in [0.5, 0.6) is 0 Å². The highest BCUT2D eigenvalue weighted by atomic mass is 19.4. The fraction of sp³-hybridized carbons (Fsp3) is 0.250. The molecule has 1 fully saturated rings. The lowest BCUT2D eigenvalue weighted by molar-refractivity contribution is -0.137. The second-order valence-corrected chi connectivity index (χ2v) is 5.72. The molecular weight excluding hydrogens is 351 g/mol. The Bertz CT molecular complexity index is 888. The third-order valence-electron chi connectivity index (χ3n) is 3.63. The van der Waals surface area contributed by atoms with E-state index in [1.807, 2.05) is 0 Å². The van der Waals surface area contributed by atoms with Crippen LogP contribution in [0.4, 0.5) is 13.2 Å². The molecule has 1 aromatic carbocycles. The summed E-state index contributed by atoms with van der Waals surface area (Å²) in [6.07, 6.45) is -0.458. The number of rotatable bonds is 3. The van der Waals surface area contributed by atoms with Gasteiger partial charge >= 0.3 is 6.18 Å². The van der Waals surface area contributed by atoms with Gasteiger partial charge in [-0.25, -0.2) is 14.7 Å². The number of hydrogen-bond acceptors (Lipinski definition) is 4. The predicted octanol–water partition coefficient (Wildman–Crippen LogP) is 2.01. The maximum Gasteiger partial charge on any atom is 0.416 e. The maximum absolute atomic E-state index is 12.9. The molecule has 1 saturated heterocycles. The Morgan fingerprint density at radius 1 is 1.31 bits per heavy atom. The van der Waals surface area contributed by atoms with Gasteiger partial charge in [0.1, 0.15) is 6.33 Å². The van der Waals surface area contributed by atoms with Crippen molar-refractivity contribution in [1.82, 2.24) is 25.2 Å². The Hall–Kier alpha value is -3.17. The van der Waals surface area contributed by atoms with Crippen molar-refractivity contribution in [2.45, 2.75) is 19.5 Å². The van der Waals surface area contributed by atoms with Crippen LogP contribution in [0.3, 0.4) is 0 Å². The molecule has 1 N–H and O–H groups in total. The zero-order valence-corrected chi connectivity index (χ0v) is 13.6. The summed E-state index contributed by atoms with van der Waals surface area (Å²) in [6, 6.07) is 3.56. The number of hydrogen-bond donors (Lipinski definition) is 1. The van der Waals surface area contributed by atoms with Crippen LogP contribution in [-0.4, -0.2) is 38.1 Å². The van der Waals surface area contributed by atoms with Crippen molar-refractivity contribution in [3.05, 3.63) is 41.7 Å². The predicted molar refractivity (Wildman–Crippen MR) is 85.0 cm³/mol. The first-order chi connectivity index (χ1) is 12.2. The molecule has 3 rings (SSSR count). The number of alkyl halides is 3. The number of amides is 2. The summed E-state index contributed by atoms with van der Waals surface area (Å²) in [5.41, 5.74) is 2.27. The maximum atomic E-state index is 12.9. The normalized spacial score (nSPS) is 14.9. The largest absolute Gasteiger partial charge is 0.416 e. The first-order valence-corrected chi connectivity index (χ1v) is 7.62. The molecule has 0 spiro atoms. The van der Waals surface area contributed by atoms with Crippen LogP contribution in [0.1, 0.15) is 17.5 Å². The van der Waals surface area contributed by atoms with E-state index >= 15 is 0 Å². The van der Waals surface area contributed by atoms with Crippen molar-refractivity contribution >= 4 is 18.0 Å². The molecule has 7 nitrogen and oxygen atoms in total. The molecule has 0 radical (unpaired) electrons. The van der Waals surface area contributed by atoms with Crippen molar-refractivity contribution in [3.8, 4) is 11.4 Å². The van der Waals surface area contributed by atoms with E-state index in [-0.39, 0.29) is 30.3 Å². The fourth-order valence-corrected chi connectivity index (χ4v) is 2.43. The monoisotopic (exact) mass is 365 g/mol. The number of nitrogens with one attached hydrogen (secondary N) is 1. The van der Waals surface area contributed by atoms with E-state index < -0.39 is 17.6 Å². The van der Waals surface area contributed by atoms with E-state index in [1.165, 1.54) is 23.3 Å².